The average Bonchev–Trinajstić information content (AvgIpc) is 2.28. The summed E-state index contributed by atoms with van der Waals surface area (Å²) in [4.78, 5) is 26.4. The van der Waals surface area contributed by atoms with Crippen LogP contribution in [-0.2, 0) is 0 Å². The Labute approximate surface area is 97.8 Å². The minimum Gasteiger partial charge on any atom is -0.477 e. The number of carboxylic acids is 1. The third-order valence-electron chi connectivity index (χ3n) is 2.25. The first-order chi connectivity index (χ1) is 7.97. The topological polar surface area (TPSA) is 96.6 Å². The molecule has 7 nitrogen and oxygen atoms in total. The summed E-state index contributed by atoms with van der Waals surface area (Å²) in [5.41, 5.74) is -0.839. The maximum atomic E-state index is 10.9. The third-order valence-corrected chi connectivity index (χ3v) is 2.25. The first-order valence-electron chi connectivity index (χ1n) is 5.06. The van der Waals surface area contributed by atoms with E-state index in [2.05, 4.69) is 4.98 Å². The van der Waals surface area contributed by atoms with Gasteiger partial charge in [0.1, 0.15) is 17.6 Å². The Morgan fingerprint density at radius 1 is 1.65 bits per heavy atom. The van der Waals surface area contributed by atoms with Crippen LogP contribution in [0, 0.1) is 10.1 Å². The summed E-state index contributed by atoms with van der Waals surface area (Å²) in [6.45, 7) is 2.67. The molecule has 0 spiro atoms. The molecule has 0 saturated carbocycles. The highest BCUT2D eigenvalue weighted by atomic mass is 16.6. The van der Waals surface area contributed by atoms with Gasteiger partial charge in [0.2, 0.25) is 0 Å². The number of aromatic nitrogens is 1. The molecule has 1 aromatic rings. The molecular formula is C10H13N3O4. The Morgan fingerprint density at radius 2 is 2.29 bits per heavy atom. The van der Waals surface area contributed by atoms with Gasteiger partial charge in [-0.05, 0) is 6.42 Å². The molecule has 0 aliphatic rings. The van der Waals surface area contributed by atoms with E-state index in [1.54, 1.807) is 11.9 Å². The molecule has 0 aliphatic heterocycles. The van der Waals surface area contributed by atoms with Crippen LogP contribution in [0.4, 0.5) is 11.5 Å². The number of rotatable bonds is 5. The van der Waals surface area contributed by atoms with Gasteiger partial charge in [-0.3, -0.25) is 10.1 Å². The predicted molar refractivity (Wildman–Crippen MR) is 61.4 cm³/mol. The molecule has 0 saturated heterocycles. The maximum absolute atomic E-state index is 10.9. The standard InChI is InChI=1S/C10H13N3O4/c1-3-4-12(2)9-5-7(10(14)15)8(6-11-9)13(16)17/h5-6H,3-4H2,1-2H3,(H,14,15). The zero-order chi connectivity index (χ0) is 13.0. The van der Waals surface area contributed by atoms with E-state index in [1.807, 2.05) is 6.92 Å². The second-order valence-corrected chi connectivity index (χ2v) is 3.54. The molecule has 92 valence electrons. The van der Waals surface area contributed by atoms with E-state index < -0.39 is 16.6 Å². The van der Waals surface area contributed by atoms with Crippen molar-refractivity contribution in [1.29, 1.82) is 0 Å². The number of nitrogens with zero attached hydrogens (tertiary/aromatic N) is 3. The first-order valence-corrected chi connectivity index (χ1v) is 5.06. The van der Waals surface area contributed by atoms with Crippen LogP contribution in [0.3, 0.4) is 0 Å². The molecule has 1 aromatic heterocycles. The Bertz CT molecular complexity index is 447. The zero-order valence-corrected chi connectivity index (χ0v) is 9.58. The third kappa shape index (κ3) is 2.90. The zero-order valence-electron chi connectivity index (χ0n) is 9.58. The highest BCUT2D eigenvalue weighted by Crippen LogP contribution is 2.21. The van der Waals surface area contributed by atoms with Crippen LogP contribution in [-0.4, -0.2) is 34.6 Å². The van der Waals surface area contributed by atoms with Crippen LogP contribution >= 0.6 is 0 Å². The van der Waals surface area contributed by atoms with Gasteiger partial charge < -0.3 is 10.0 Å². The summed E-state index contributed by atoms with van der Waals surface area (Å²) in [6, 6.07) is 1.22. The van der Waals surface area contributed by atoms with Gasteiger partial charge in [-0.1, -0.05) is 6.92 Å². The van der Waals surface area contributed by atoms with Gasteiger partial charge in [0.25, 0.3) is 0 Å². The molecule has 0 aliphatic carbocycles. The van der Waals surface area contributed by atoms with E-state index in [-0.39, 0.29) is 5.56 Å². The van der Waals surface area contributed by atoms with E-state index in [0.717, 1.165) is 12.6 Å². The van der Waals surface area contributed by atoms with E-state index in [9.17, 15) is 14.9 Å². The van der Waals surface area contributed by atoms with Gasteiger partial charge >= 0.3 is 11.7 Å². The SMILES string of the molecule is CCCN(C)c1cc(C(=O)O)c([N+](=O)[O-])cn1. The van der Waals surface area contributed by atoms with Gasteiger partial charge in [-0.25, -0.2) is 9.78 Å². The molecule has 0 amide bonds. The first kappa shape index (κ1) is 12.9. The number of carbonyl (C=O) groups is 1. The summed E-state index contributed by atoms with van der Waals surface area (Å²) >= 11 is 0. The van der Waals surface area contributed by atoms with Crippen LogP contribution in [0.25, 0.3) is 0 Å². The number of hydrogen-bond acceptors (Lipinski definition) is 5. The largest absolute Gasteiger partial charge is 0.477 e. The van der Waals surface area contributed by atoms with E-state index >= 15 is 0 Å². The van der Waals surface area contributed by atoms with Crippen molar-refractivity contribution < 1.29 is 14.8 Å². The molecule has 0 unspecified atom stereocenters. The van der Waals surface area contributed by atoms with Gasteiger partial charge in [0.15, 0.2) is 0 Å². The fourth-order valence-electron chi connectivity index (χ4n) is 1.41. The molecule has 7 heteroatoms. The lowest BCUT2D eigenvalue weighted by atomic mass is 10.2. The minimum atomic E-state index is -1.33. The number of hydrogen-bond donors (Lipinski definition) is 1. The fourth-order valence-corrected chi connectivity index (χ4v) is 1.41. The van der Waals surface area contributed by atoms with Gasteiger partial charge in [0, 0.05) is 19.7 Å². The Hall–Kier alpha value is -2.18. The Kier molecular flexibility index (Phi) is 3.97. The summed E-state index contributed by atoms with van der Waals surface area (Å²) in [6.07, 6.45) is 1.85. The molecule has 0 bridgehead atoms. The molecule has 1 rings (SSSR count). The number of nitro groups is 1. The molecule has 1 heterocycles. The molecule has 17 heavy (non-hydrogen) atoms. The van der Waals surface area contributed by atoms with Crippen molar-refractivity contribution in [1.82, 2.24) is 4.98 Å². The summed E-state index contributed by atoms with van der Waals surface area (Å²) in [5.74, 6) is -0.917. The highest BCUT2D eigenvalue weighted by molar-refractivity contribution is 5.93. The Morgan fingerprint density at radius 3 is 2.76 bits per heavy atom. The number of anilines is 1. The van der Waals surface area contributed by atoms with Crippen LogP contribution in [0.2, 0.25) is 0 Å². The fraction of sp³-hybridized carbons (Fsp3) is 0.400. The van der Waals surface area contributed by atoms with E-state index in [0.29, 0.717) is 12.4 Å². The lowest BCUT2D eigenvalue weighted by Crippen LogP contribution is -2.19. The Balaban J connectivity index is 3.18. The van der Waals surface area contributed by atoms with Crippen molar-refractivity contribution in [2.24, 2.45) is 0 Å². The summed E-state index contributed by atoms with van der Waals surface area (Å²) in [7, 11) is 1.75. The van der Waals surface area contributed by atoms with Crippen molar-refractivity contribution in [3.05, 3.63) is 27.9 Å². The quantitative estimate of drug-likeness (QED) is 0.618. The van der Waals surface area contributed by atoms with Gasteiger partial charge in [-0.15, -0.1) is 0 Å². The summed E-state index contributed by atoms with van der Waals surface area (Å²) < 4.78 is 0. The van der Waals surface area contributed by atoms with Crippen molar-refractivity contribution >= 4 is 17.5 Å². The van der Waals surface area contributed by atoms with Crippen molar-refractivity contribution in [2.75, 3.05) is 18.5 Å². The molecule has 0 aromatic carbocycles. The van der Waals surface area contributed by atoms with Crippen molar-refractivity contribution in [3.8, 4) is 0 Å². The molecular weight excluding hydrogens is 226 g/mol. The predicted octanol–water partition coefficient (Wildman–Crippen LogP) is 1.53. The maximum Gasteiger partial charge on any atom is 0.342 e. The van der Waals surface area contributed by atoms with E-state index in [1.165, 1.54) is 6.07 Å². The van der Waals surface area contributed by atoms with Crippen LogP contribution < -0.4 is 4.90 Å². The number of pyridine rings is 1. The lowest BCUT2D eigenvalue weighted by molar-refractivity contribution is -0.385. The van der Waals surface area contributed by atoms with E-state index in [4.69, 9.17) is 5.11 Å². The van der Waals surface area contributed by atoms with Crippen LogP contribution in [0.1, 0.15) is 23.7 Å². The molecule has 0 radical (unpaired) electrons. The van der Waals surface area contributed by atoms with Gasteiger partial charge in [0.05, 0.1) is 4.92 Å². The molecule has 0 atom stereocenters. The molecule has 1 N–H and O–H groups in total. The second kappa shape index (κ2) is 5.24. The monoisotopic (exact) mass is 239 g/mol. The average molecular weight is 239 g/mol. The minimum absolute atomic E-state index is 0.344. The van der Waals surface area contributed by atoms with Gasteiger partial charge in [-0.2, -0.15) is 0 Å². The number of carboxylic acid groups (broad SMARTS) is 1. The smallest absolute Gasteiger partial charge is 0.342 e. The second-order valence-electron chi connectivity index (χ2n) is 3.54. The van der Waals surface area contributed by atoms with Crippen LogP contribution in [0.15, 0.2) is 12.3 Å². The number of aromatic carboxylic acids is 1. The normalized spacial score (nSPS) is 10.0. The lowest BCUT2D eigenvalue weighted by Gasteiger charge is -2.16. The summed E-state index contributed by atoms with van der Waals surface area (Å²) in [5, 5.41) is 19.5. The van der Waals surface area contributed by atoms with Crippen LogP contribution in [0.5, 0.6) is 0 Å². The molecule has 0 fully saturated rings. The van der Waals surface area contributed by atoms with Crippen molar-refractivity contribution in [2.45, 2.75) is 13.3 Å². The highest BCUT2D eigenvalue weighted by Gasteiger charge is 2.21. The van der Waals surface area contributed by atoms with Crippen molar-refractivity contribution in [3.63, 3.8) is 0 Å².